The Labute approximate surface area is 173 Å². The second-order valence-corrected chi connectivity index (χ2v) is 6.39. The summed E-state index contributed by atoms with van der Waals surface area (Å²) in [4.78, 5) is 46.3. The average molecular weight is 583 g/mol. The summed E-state index contributed by atoms with van der Waals surface area (Å²) >= 11 is 0. The zero-order valence-electron chi connectivity index (χ0n) is 14.1. The van der Waals surface area contributed by atoms with Crippen LogP contribution < -0.4 is 5.32 Å². The van der Waals surface area contributed by atoms with E-state index < -0.39 is 35.0 Å². The maximum atomic E-state index is 11.7. The summed E-state index contributed by atoms with van der Waals surface area (Å²) in [7, 11) is 1.65. The van der Waals surface area contributed by atoms with E-state index in [2.05, 4.69) is 14.8 Å². The first-order chi connectivity index (χ1) is 11.8. The molecule has 2 aliphatic rings. The zero-order valence-corrected chi connectivity index (χ0v) is 18.3. The monoisotopic (exact) mass is 583 g/mol. The molecule has 0 aromatic heterocycles. The number of nitrogens with one attached hydrogen (secondary N) is 2. The van der Waals surface area contributed by atoms with Crippen LogP contribution in [-0.4, -0.2) is 30.9 Å². The Balaban J connectivity index is 0.00000243. The molecule has 8 nitrogen and oxygen atoms in total. The van der Waals surface area contributed by atoms with Gasteiger partial charge in [-0.3, -0.25) is 19.2 Å². The quantitative estimate of drug-likeness (QED) is 0.418. The van der Waals surface area contributed by atoms with Gasteiger partial charge in [0.25, 0.3) is 0 Å². The van der Waals surface area contributed by atoms with Crippen LogP contribution in [0.3, 0.4) is 0 Å². The van der Waals surface area contributed by atoms with E-state index in [0.717, 1.165) is 0 Å². The fourth-order valence-electron chi connectivity index (χ4n) is 3.35. The van der Waals surface area contributed by atoms with Crippen LogP contribution in [-0.2, 0) is 39.7 Å². The summed E-state index contributed by atoms with van der Waals surface area (Å²) in [6.45, 7) is 0. The predicted molar refractivity (Wildman–Crippen MR) is 83.8 cm³/mol. The number of hydrogen-bond donors (Lipinski definition) is 1. The summed E-state index contributed by atoms with van der Waals surface area (Å²) in [6.07, 6.45) is -0.406. The van der Waals surface area contributed by atoms with Crippen LogP contribution in [0, 0.1) is 31.1 Å². The van der Waals surface area contributed by atoms with E-state index in [1.54, 1.807) is 31.3 Å². The first-order valence-electron chi connectivity index (χ1n) is 7.78. The van der Waals surface area contributed by atoms with Crippen molar-refractivity contribution in [1.29, 1.82) is 0 Å². The van der Waals surface area contributed by atoms with Gasteiger partial charge in [0.1, 0.15) is 0 Å². The van der Waals surface area contributed by atoms with E-state index in [1.807, 2.05) is 0 Å². The topological polar surface area (TPSA) is 123 Å². The van der Waals surface area contributed by atoms with Crippen molar-refractivity contribution in [2.45, 2.75) is 36.8 Å². The second kappa shape index (κ2) is 7.61. The fraction of sp³-hybridized carbons (Fsp3) is 0.412. The molecular formula is C17H17N2O6U-. The van der Waals surface area contributed by atoms with Crippen molar-refractivity contribution in [3.8, 4) is 0 Å². The van der Waals surface area contributed by atoms with Crippen molar-refractivity contribution in [2.75, 3.05) is 7.05 Å². The SMILES string of the molecule is CNC1(c2ccc(C3([NH-])CC(=O)OC(=O)C3)cc2)CC(=O)OC(=O)C1.[U]. The van der Waals surface area contributed by atoms with Gasteiger partial charge in [-0.1, -0.05) is 35.4 Å². The zero-order chi connectivity index (χ0) is 18.2. The molecule has 1 aromatic rings. The molecular weight excluding hydrogens is 566 g/mol. The Kier molecular flexibility index (Phi) is 6.08. The Morgan fingerprint density at radius 1 is 0.808 bits per heavy atom. The van der Waals surface area contributed by atoms with Crippen LogP contribution in [0.15, 0.2) is 24.3 Å². The van der Waals surface area contributed by atoms with Gasteiger partial charge in [0, 0.05) is 44.0 Å². The Morgan fingerprint density at radius 2 is 1.19 bits per heavy atom. The largest absolute Gasteiger partial charge is 0.667 e. The van der Waals surface area contributed by atoms with E-state index in [-0.39, 0.29) is 56.8 Å². The van der Waals surface area contributed by atoms with Gasteiger partial charge in [-0.2, -0.15) is 0 Å². The molecule has 26 heavy (non-hydrogen) atoms. The molecule has 2 N–H and O–H groups in total. The van der Waals surface area contributed by atoms with Crippen molar-refractivity contribution >= 4 is 23.9 Å². The molecule has 3 rings (SSSR count). The first-order valence-corrected chi connectivity index (χ1v) is 7.78. The van der Waals surface area contributed by atoms with Crippen molar-refractivity contribution in [3.05, 3.63) is 41.1 Å². The smallest absolute Gasteiger partial charge is 0.315 e. The number of rotatable bonds is 3. The molecule has 0 spiro atoms. The van der Waals surface area contributed by atoms with E-state index in [4.69, 9.17) is 5.73 Å². The minimum absolute atomic E-state index is 0. The van der Waals surface area contributed by atoms with Gasteiger partial charge in [-0.05, 0) is 12.6 Å². The number of benzene rings is 1. The summed E-state index contributed by atoms with van der Waals surface area (Å²) < 4.78 is 9.07. The molecule has 0 amide bonds. The summed E-state index contributed by atoms with van der Waals surface area (Å²) in [5, 5.41) is 3.02. The minimum Gasteiger partial charge on any atom is -0.667 e. The molecule has 0 unspecified atom stereocenters. The Morgan fingerprint density at radius 3 is 1.62 bits per heavy atom. The minimum atomic E-state index is -1.38. The molecule has 9 heteroatoms. The van der Waals surface area contributed by atoms with E-state index in [1.165, 1.54) is 0 Å². The molecule has 2 saturated heterocycles. The first kappa shape index (κ1) is 20.8. The van der Waals surface area contributed by atoms with E-state index in [9.17, 15) is 19.2 Å². The summed E-state index contributed by atoms with van der Waals surface area (Å²) in [6, 6.07) is 6.66. The van der Waals surface area contributed by atoms with Gasteiger partial charge < -0.3 is 20.5 Å². The molecule has 136 valence electrons. The maximum absolute atomic E-state index is 11.7. The third-order valence-corrected chi connectivity index (χ3v) is 4.71. The number of hydrogen-bond acceptors (Lipinski definition) is 7. The number of esters is 4. The van der Waals surface area contributed by atoms with Gasteiger partial charge in [-0.15, -0.1) is 0 Å². The van der Waals surface area contributed by atoms with Crippen LogP contribution in [0.25, 0.3) is 5.73 Å². The average Bonchev–Trinajstić information content (AvgIpc) is 2.52. The van der Waals surface area contributed by atoms with E-state index >= 15 is 0 Å². The molecule has 2 fully saturated rings. The van der Waals surface area contributed by atoms with E-state index in [0.29, 0.717) is 11.1 Å². The Hall–Kier alpha value is -1.53. The second-order valence-electron chi connectivity index (χ2n) is 6.39. The Bertz CT molecular complexity index is 729. The molecule has 0 bridgehead atoms. The van der Waals surface area contributed by atoms with Crippen molar-refractivity contribution in [2.24, 2.45) is 0 Å². The maximum Gasteiger partial charge on any atom is 0.315 e. The third kappa shape index (κ3) is 3.91. The summed E-state index contributed by atoms with van der Waals surface area (Å²) in [5.74, 6) is -2.65. The number of carbonyl (C=O) groups excluding carboxylic acids is 4. The molecule has 1 aromatic carbocycles. The van der Waals surface area contributed by atoms with Gasteiger partial charge >= 0.3 is 23.9 Å². The van der Waals surface area contributed by atoms with Crippen molar-refractivity contribution in [1.82, 2.24) is 5.32 Å². The van der Waals surface area contributed by atoms with Crippen LogP contribution in [0.4, 0.5) is 0 Å². The molecule has 0 saturated carbocycles. The number of carbonyl (C=O) groups is 4. The summed E-state index contributed by atoms with van der Waals surface area (Å²) in [5.41, 5.74) is 7.37. The number of cyclic esters (lactones) is 4. The fourth-order valence-corrected chi connectivity index (χ4v) is 3.35. The van der Waals surface area contributed by atoms with Gasteiger partial charge in [-0.25, -0.2) is 0 Å². The third-order valence-electron chi connectivity index (χ3n) is 4.71. The van der Waals surface area contributed by atoms with Gasteiger partial charge in [0.15, 0.2) is 0 Å². The molecule has 0 atom stereocenters. The predicted octanol–water partition coefficient (Wildman–Crippen LogP) is 1.08. The van der Waals surface area contributed by atoms with Gasteiger partial charge in [0.05, 0.1) is 18.4 Å². The molecule has 0 aliphatic carbocycles. The van der Waals surface area contributed by atoms with Crippen LogP contribution in [0.5, 0.6) is 0 Å². The van der Waals surface area contributed by atoms with Crippen molar-refractivity contribution < 1.29 is 59.8 Å². The molecule has 2 heterocycles. The number of ether oxygens (including phenoxy) is 2. The molecule has 0 radical (unpaired) electrons. The molecule has 2 aliphatic heterocycles. The normalized spacial score (nSPS) is 21.5. The van der Waals surface area contributed by atoms with Crippen molar-refractivity contribution in [3.63, 3.8) is 0 Å². The van der Waals surface area contributed by atoms with Crippen LogP contribution in [0.1, 0.15) is 36.8 Å². The van der Waals surface area contributed by atoms with Crippen LogP contribution >= 0.6 is 0 Å². The van der Waals surface area contributed by atoms with Gasteiger partial charge in [0.2, 0.25) is 0 Å². The van der Waals surface area contributed by atoms with Crippen LogP contribution in [0.2, 0.25) is 0 Å². The standard InChI is InChI=1S/C17H17N2O6.U/c1-19-17(8-14(22)25-15(23)9-17)11-4-2-10(3-5-11)16(18)6-12(20)24-13(21)7-16;/h2-5,18-19H,6-9H2,1H3;/q-1;.